The van der Waals surface area contributed by atoms with Gasteiger partial charge in [-0.2, -0.15) is 5.10 Å². The van der Waals surface area contributed by atoms with Gasteiger partial charge in [-0.1, -0.05) is 18.2 Å². The van der Waals surface area contributed by atoms with Gasteiger partial charge in [0, 0.05) is 48.6 Å². The molecule has 6 nitrogen and oxygen atoms in total. The van der Waals surface area contributed by atoms with E-state index in [1.165, 1.54) is 0 Å². The predicted molar refractivity (Wildman–Crippen MR) is 109 cm³/mol. The van der Waals surface area contributed by atoms with Crippen LogP contribution in [0.1, 0.15) is 6.42 Å². The summed E-state index contributed by atoms with van der Waals surface area (Å²) in [5.74, 6) is 0.934. The van der Waals surface area contributed by atoms with E-state index in [9.17, 15) is 0 Å². The number of fused-ring (bicyclic) bond motifs is 2. The van der Waals surface area contributed by atoms with E-state index >= 15 is 0 Å². The molecule has 1 fully saturated rings. The lowest BCUT2D eigenvalue weighted by Gasteiger charge is -2.22. The first kappa shape index (κ1) is 16.6. The molecule has 0 saturated carbocycles. The van der Waals surface area contributed by atoms with Gasteiger partial charge in [0.2, 0.25) is 0 Å². The van der Waals surface area contributed by atoms with E-state index in [2.05, 4.69) is 43.0 Å². The monoisotopic (exact) mass is 423 g/mol. The molecule has 0 radical (unpaired) electrons. The molecule has 1 saturated heterocycles. The average Bonchev–Trinajstić information content (AvgIpc) is 2.91. The molecule has 0 N–H and O–H groups in total. The largest absolute Gasteiger partial charge is 0.380 e. The molecule has 4 heterocycles. The Kier molecular flexibility index (Phi) is 4.26. The van der Waals surface area contributed by atoms with Crippen LogP contribution in [0.4, 0.5) is 5.82 Å². The number of halogens is 1. The molecule has 1 aliphatic rings. The van der Waals surface area contributed by atoms with Crippen molar-refractivity contribution in [3.8, 4) is 11.1 Å². The van der Waals surface area contributed by atoms with Crippen LogP contribution in [-0.2, 0) is 4.74 Å². The molecule has 27 heavy (non-hydrogen) atoms. The summed E-state index contributed by atoms with van der Waals surface area (Å²) in [6, 6.07) is 10.3. The van der Waals surface area contributed by atoms with Crippen molar-refractivity contribution < 1.29 is 4.74 Å². The fourth-order valence-electron chi connectivity index (χ4n) is 3.48. The highest BCUT2D eigenvalue weighted by atomic mass is 79.9. The van der Waals surface area contributed by atoms with E-state index in [1.807, 2.05) is 41.3 Å². The summed E-state index contributed by atoms with van der Waals surface area (Å²) in [4.78, 5) is 11.8. The molecule has 7 heteroatoms. The minimum absolute atomic E-state index is 0.722. The number of rotatable bonds is 2. The van der Waals surface area contributed by atoms with Crippen LogP contribution in [0.2, 0.25) is 0 Å². The van der Waals surface area contributed by atoms with Crippen LogP contribution >= 0.6 is 15.9 Å². The molecule has 1 aliphatic heterocycles. The first-order valence-corrected chi connectivity index (χ1v) is 9.81. The summed E-state index contributed by atoms with van der Waals surface area (Å²) < 4.78 is 8.33. The number of aromatic nitrogens is 4. The Balaban J connectivity index is 1.63. The summed E-state index contributed by atoms with van der Waals surface area (Å²) in [5.41, 5.74) is 3.81. The second-order valence-corrected chi connectivity index (χ2v) is 7.46. The van der Waals surface area contributed by atoms with Crippen LogP contribution in [0.15, 0.2) is 53.4 Å². The molecule has 3 aromatic heterocycles. The van der Waals surface area contributed by atoms with Crippen molar-refractivity contribution in [1.82, 2.24) is 19.6 Å². The van der Waals surface area contributed by atoms with Crippen molar-refractivity contribution in [3.05, 3.63) is 53.4 Å². The Labute approximate surface area is 164 Å². The molecule has 0 unspecified atom stereocenters. The third-order valence-corrected chi connectivity index (χ3v) is 5.41. The number of benzene rings is 1. The van der Waals surface area contributed by atoms with Gasteiger partial charge in [-0.3, -0.25) is 4.98 Å². The topological polar surface area (TPSA) is 55.5 Å². The minimum atomic E-state index is 0.722. The number of anilines is 1. The fourth-order valence-corrected chi connectivity index (χ4v) is 4.02. The molecule has 4 aromatic rings. The smallest absolute Gasteiger partial charge is 0.165 e. The summed E-state index contributed by atoms with van der Waals surface area (Å²) >= 11 is 3.66. The third kappa shape index (κ3) is 3.07. The van der Waals surface area contributed by atoms with E-state index in [4.69, 9.17) is 9.72 Å². The normalized spacial score (nSPS) is 15.4. The van der Waals surface area contributed by atoms with Crippen LogP contribution in [0.5, 0.6) is 0 Å². The lowest BCUT2D eigenvalue weighted by molar-refractivity contribution is 0.152. The van der Waals surface area contributed by atoms with Crippen molar-refractivity contribution >= 4 is 38.3 Å². The fraction of sp³-hybridized carbons (Fsp3) is 0.250. The molecule has 5 rings (SSSR count). The zero-order valence-electron chi connectivity index (χ0n) is 14.7. The Morgan fingerprint density at radius 2 is 2.00 bits per heavy atom. The van der Waals surface area contributed by atoms with Crippen LogP contribution in [0, 0.1) is 0 Å². The number of pyridine rings is 1. The second-order valence-electron chi connectivity index (χ2n) is 6.61. The van der Waals surface area contributed by atoms with Crippen LogP contribution in [0.25, 0.3) is 27.7 Å². The van der Waals surface area contributed by atoms with Crippen LogP contribution in [0.3, 0.4) is 0 Å². The number of hydrogen-bond donors (Lipinski definition) is 0. The lowest BCUT2D eigenvalue weighted by atomic mass is 10.1. The summed E-state index contributed by atoms with van der Waals surface area (Å²) in [7, 11) is 0. The maximum absolute atomic E-state index is 5.58. The van der Waals surface area contributed by atoms with E-state index < -0.39 is 0 Å². The standard InChI is InChI=1S/C20H18BrN5O/c21-17-13-26-19(24-20(17)25-6-3-8-27-9-7-25)16(12-23-26)15-10-14-4-1-2-5-18(14)22-11-15/h1-2,4-5,10-13H,3,6-9H2. The van der Waals surface area contributed by atoms with Crippen LogP contribution < -0.4 is 4.90 Å². The van der Waals surface area contributed by atoms with Crippen molar-refractivity contribution in [2.45, 2.75) is 6.42 Å². The third-order valence-electron chi connectivity index (χ3n) is 4.85. The van der Waals surface area contributed by atoms with Gasteiger partial charge < -0.3 is 9.64 Å². The lowest BCUT2D eigenvalue weighted by Crippen LogP contribution is -2.27. The average molecular weight is 424 g/mol. The van der Waals surface area contributed by atoms with E-state index in [-0.39, 0.29) is 0 Å². The Bertz CT molecular complexity index is 1120. The SMILES string of the molecule is Brc1cn2ncc(-c3cnc4ccccc4c3)c2nc1N1CCCOCC1. The molecule has 0 atom stereocenters. The maximum atomic E-state index is 5.58. The summed E-state index contributed by atoms with van der Waals surface area (Å²) in [6.07, 6.45) is 6.72. The van der Waals surface area contributed by atoms with Crippen molar-refractivity contribution in [3.63, 3.8) is 0 Å². The van der Waals surface area contributed by atoms with Crippen molar-refractivity contribution in [2.75, 3.05) is 31.2 Å². The van der Waals surface area contributed by atoms with Gasteiger partial charge in [-0.25, -0.2) is 9.50 Å². The maximum Gasteiger partial charge on any atom is 0.165 e. The first-order chi connectivity index (χ1) is 13.3. The van der Waals surface area contributed by atoms with Gasteiger partial charge in [0.15, 0.2) is 5.65 Å². The predicted octanol–water partition coefficient (Wildman–Crippen LogP) is 3.93. The summed E-state index contributed by atoms with van der Waals surface area (Å²) in [6.45, 7) is 3.29. The first-order valence-electron chi connectivity index (χ1n) is 9.01. The Morgan fingerprint density at radius 1 is 1.07 bits per heavy atom. The summed E-state index contributed by atoms with van der Waals surface area (Å²) in [5, 5.41) is 5.60. The van der Waals surface area contributed by atoms with E-state index in [0.717, 1.165) is 70.7 Å². The van der Waals surface area contributed by atoms with Gasteiger partial charge in [0.25, 0.3) is 0 Å². The minimum Gasteiger partial charge on any atom is -0.380 e. The van der Waals surface area contributed by atoms with Crippen molar-refractivity contribution in [2.24, 2.45) is 0 Å². The van der Waals surface area contributed by atoms with Crippen LogP contribution in [-0.4, -0.2) is 45.9 Å². The highest BCUT2D eigenvalue weighted by molar-refractivity contribution is 9.10. The molecular weight excluding hydrogens is 406 g/mol. The van der Waals surface area contributed by atoms with Gasteiger partial charge in [-0.05, 0) is 34.5 Å². The van der Waals surface area contributed by atoms with Gasteiger partial charge in [0.1, 0.15) is 5.82 Å². The molecule has 0 bridgehead atoms. The molecule has 0 aliphatic carbocycles. The Morgan fingerprint density at radius 3 is 2.96 bits per heavy atom. The molecular formula is C20H18BrN5O. The molecule has 0 amide bonds. The molecule has 136 valence electrons. The van der Waals surface area contributed by atoms with E-state index in [1.54, 1.807) is 0 Å². The van der Waals surface area contributed by atoms with Gasteiger partial charge in [-0.15, -0.1) is 0 Å². The highest BCUT2D eigenvalue weighted by Crippen LogP contribution is 2.30. The van der Waals surface area contributed by atoms with Crippen molar-refractivity contribution in [1.29, 1.82) is 0 Å². The zero-order valence-corrected chi connectivity index (χ0v) is 16.3. The molecule has 0 spiro atoms. The highest BCUT2D eigenvalue weighted by Gasteiger charge is 2.18. The quantitative estimate of drug-likeness (QED) is 0.488. The molecule has 1 aromatic carbocycles. The second kappa shape index (κ2) is 6.90. The number of nitrogens with zero attached hydrogens (tertiary/aromatic N) is 5. The Hall–Kier alpha value is -2.51. The van der Waals surface area contributed by atoms with Gasteiger partial charge >= 0.3 is 0 Å². The zero-order chi connectivity index (χ0) is 18.2. The van der Waals surface area contributed by atoms with Gasteiger partial charge in [0.05, 0.1) is 22.8 Å². The van der Waals surface area contributed by atoms with E-state index in [0.29, 0.717) is 0 Å². The number of para-hydroxylation sites is 1. The number of hydrogen-bond acceptors (Lipinski definition) is 5. The number of ether oxygens (including phenoxy) is 1.